The minimum atomic E-state index is -0.533. The molecular weight excluding hydrogens is 228 g/mol. The fraction of sp³-hybridized carbons (Fsp3) is 0.875. The highest BCUT2D eigenvalue weighted by atomic mass is 35.5. The van der Waals surface area contributed by atoms with Gasteiger partial charge in [-0.2, -0.15) is 11.8 Å². The number of thioether (sulfide) groups is 2. The van der Waals surface area contributed by atoms with Crippen LogP contribution in [0.15, 0.2) is 0 Å². The van der Waals surface area contributed by atoms with Crippen LogP contribution in [0, 0.1) is 0 Å². The summed E-state index contributed by atoms with van der Waals surface area (Å²) in [6.07, 6.45) is 1.19. The molecule has 1 aliphatic rings. The largest absolute Gasteiger partial charge is 0.449 e. The monoisotopic (exact) mass is 240 g/mol. The third-order valence-electron chi connectivity index (χ3n) is 1.56. The predicted octanol–water partition coefficient (Wildman–Crippen LogP) is 2.35. The highest BCUT2D eigenvalue weighted by Crippen LogP contribution is 2.24. The number of halogens is 1. The molecule has 13 heavy (non-hydrogen) atoms. The van der Waals surface area contributed by atoms with E-state index in [1.54, 1.807) is 18.7 Å². The van der Waals surface area contributed by atoms with Crippen molar-refractivity contribution in [3.05, 3.63) is 0 Å². The Morgan fingerprint density at radius 1 is 1.62 bits per heavy atom. The van der Waals surface area contributed by atoms with E-state index in [0.717, 1.165) is 17.3 Å². The van der Waals surface area contributed by atoms with Crippen LogP contribution >= 0.6 is 35.1 Å². The van der Waals surface area contributed by atoms with E-state index >= 15 is 0 Å². The molecular formula is C8H13ClO2S2. The summed E-state index contributed by atoms with van der Waals surface area (Å²) in [5, 5.41) is -0.533. The summed E-state index contributed by atoms with van der Waals surface area (Å²) in [4.78, 5) is 11.1. The summed E-state index contributed by atoms with van der Waals surface area (Å²) in [7, 11) is 0. The zero-order valence-electron chi connectivity index (χ0n) is 7.49. The second-order valence-corrected chi connectivity index (χ2v) is 5.85. The average molecular weight is 241 g/mol. The number of hydrogen-bond donors (Lipinski definition) is 0. The molecule has 2 atom stereocenters. The van der Waals surface area contributed by atoms with Crippen LogP contribution in [0.2, 0.25) is 0 Å². The second kappa shape index (κ2) is 6.04. The fourth-order valence-electron chi connectivity index (χ4n) is 0.895. The number of alkyl halides is 1. The summed E-state index contributed by atoms with van der Waals surface area (Å²) < 4.78 is 5.20. The Labute approximate surface area is 92.1 Å². The average Bonchev–Trinajstić information content (AvgIpc) is 2.32. The molecule has 1 fully saturated rings. The molecule has 2 unspecified atom stereocenters. The van der Waals surface area contributed by atoms with E-state index < -0.39 is 5.38 Å². The summed E-state index contributed by atoms with van der Waals surface area (Å²) in [5.74, 6) is 2.82. The molecule has 1 rings (SSSR count). The number of rotatable bonds is 2. The summed E-state index contributed by atoms with van der Waals surface area (Å²) >= 11 is 9.14. The van der Waals surface area contributed by atoms with Gasteiger partial charge < -0.3 is 4.74 Å². The molecule has 2 nitrogen and oxygen atoms in total. The van der Waals surface area contributed by atoms with Crippen LogP contribution in [0.25, 0.3) is 0 Å². The molecule has 1 saturated heterocycles. The minimum absolute atomic E-state index is 0.00111. The van der Waals surface area contributed by atoms with Crippen LogP contribution in [0.5, 0.6) is 0 Å². The van der Waals surface area contributed by atoms with Gasteiger partial charge in [-0.3, -0.25) is 4.79 Å². The van der Waals surface area contributed by atoms with Crippen molar-refractivity contribution < 1.29 is 9.53 Å². The SMILES string of the molecule is CC(Cl)C(=O)OC1CSCCCS1. The van der Waals surface area contributed by atoms with Crippen LogP contribution in [0.1, 0.15) is 13.3 Å². The standard InChI is InChI=1S/C8H13ClO2S2/c1-6(9)8(10)11-7-5-12-3-2-4-13-7/h6-7H,2-5H2,1H3. The van der Waals surface area contributed by atoms with Gasteiger partial charge in [0.05, 0.1) is 0 Å². The highest BCUT2D eigenvalue weighted by molar-refractivity contribution is 8.03. The lowest BCUT2D eigenvalue weighted by Gasteiger charge is -2.14. The van der Waals surface area contributed by atoms with Crippen LogP contribution in [-0.2, 0) is 9.53 Å². The van der Waals surface area contributed by atoms with Crippen molar-refractivity contribution in [2.45, 2.75) is 24.2 Å². The maximum Gasteiger partial charge on any atom is 0.324 e. The normalized spacial score (nSPS) is 26.2. The Morgan fingerprint density at radius 2 is 2.38 bits per heavy atom. The third-order valence-corrected chi connectivity index (χ3v) is 4.23. The Kier molecular flexibility index (Phi) is 5.36. The molecule has 0 aliphatic carbocycles. The molecule has 1 aliphatic heterocycles. The summed E-state index contributed by atoms with van der Waals surface area (Å²) in [5.41, 5.74) is 0.00111. The van der Waals surface area contributed by atoms with E-state index in [4.69, 9.17) is 16.3 Å². The van der Waals surface area contributed by atoms with E-state index in [0.29, 0.717) is 0 Å². The zero-order valence-corrected chi connectivity index (χ0v) is 9.88. The van der Waals surface area contributed by atoms with Crippen molar-refractivity contribution >= 4 is 41.1 Å². The van der Waals surface area contributed by atoms with Crippen molar-refractivity contribution in [2.24, 2.45) is 0 Å². The molecule has 0 saturated carbocycles. The molecule has 0 aromatic rings. The molecule has 0 aromatic carbocycles. The van der Waals surface area contributed by atoms with E-state index in [1.807, 2.05) is 11.8 Å². The summed E-state index contributed by atoms with van der Waals surface area (Å²) in [6, 6.07) is 0. The van der Waals surface area contributed by atoms with Gasteiger partial charge in [-0.25, -0.2) is 0 Å². The van der Waals surface area contributed by atoms with Gasteiger partial charge in [-0.05, 0) is 24.9 Å². The van der Waals surface area contributed by atoms with Gasteiger partial charge in [0, 0.05) is 5.75 Å². The maximum atomic E-state index is 11.1. The molecule has 0 aromatic heterocycles. The van der Waals surface area contributed by atoms with E-state index in [1.165, 1.54) is 6.42 Å². The maximum absolute atomic E-state index is 11.1. The van der Waals surface area contributed by atoms with Gasteiger partial charge in [0.2, 0.25) is 0 Å². The Balaban J connectivity index is 2.29. The van der Waals surface area contributed by atoms with Crippen LogP contribution < -0.4 is 0 Å². The van der Waals surface area contributed by atoms with Crippen LogP contribution in [-0.4, -0.2) is 34.0 Å². The Bertz CT molecular complexity index is 168. The first kappa shape index (κ1) is 11.5. The van der Waals surface area contributed by atoms with Gasteiger partial charge in [-0.15, -0.1) is 23.4 Å². The lowest BCUT2D eigenvalue weighted by molar-refractivity contribution is -0.143. The van der Waals surface area contributed by atoms with Gasteiger partial charge >= 0.3 is 5.97 Å². The molecule has 0 amide bonds. The zero-order chi connectivity index (χ0) is 9.68. The summed E-state index contributed by atoms with van der Waals surface area (Å²) in [6.45, 7) is 1.64. The number of esters is 1. The lowest BCUT2D eigenvalue weighted by atomic mass is 10.5. The van der Waals surface area contributed by atoms with E-state index in [-0.39, 0.29) is 11.4 Å². The van der Waals surface area contributed by atoms with E-state index in [9.17, 15) is 4.79 Å². The predicted molar refractivity (Wildman–Crippen MR) is 59.6 cm³/mol. The third kappa shape index (κ3) is 4.47. The quantitative estimate of drug-likeness (QED) is 0.547. The lowest BCUT2D eigenvalue weighted by Crippen LogP contribution is -2.22. The van der Waals surface area contributed by atoms with Crippen molar-refractivity contribution in [1.82, 2.24) is 0 Å². The molecule has 76 valence electrons. The Morgan fingerprint density at radius 3 is 3.08 bits per heavy atom. The molecule has 0 spiro atoms. The van der Waals surface area contributed by atoms with E-state index in [2.05, 4.69) is 0 Å². The molecule has 0 radical (unpaired) electrons. The topological polar surface area (TPSA) is 26.3 Å². The first-order valence-corrected chi connectivity index (χ1v) is 6.88. The Hall–Kier alpha value is 0.460. The molecule has 0 bridgehead atoms. The highest BCUT2D eigenvalue weighted by Gasteiger charge is 2.19. The molecule has 5 heteroatoms. The smallest absolute Gasteiger partial charge is 0.324 e. The number of ether oxygens (including phenoxy) is 1. The van der Waals surface area contributed by atoms with Crippen molar-refractivity contribution in [3.8, 4) is 0 Å². The van der Waals surface area contributed by atoms with Gasteiger partial charge in [0.15, 0.2) is 5.44 Å². The van der Waals surface area contributed by atoms with Gasteiger partial charge in [-0.1, -0.05) is 0 Å². The van der Waals surface area contributed by atoms with Crippen molar-refractivity contribution in [2.75, 3.05) is 17.3 Å². The van der Waals surface area contributed by atoms with Gasteiger partial charge in [0.1, 0.15) is 5.38 Å². The minimum Gasteiger partial charge on any atom is -0.449 e. The number of carbonyl (C=O) groups excluding carboxylic acids is 1. The number of hydrogen-bond acceptors (Lipinski definition) is 4. The molecule has 1 heterocycles. The first-order valence-electron chi connectivity index (χ1n) is 4.24. The van der Waals surface area contributed by atoms with Crippen molar-refractivity contribution in [1.29, 1.82) is 0 Å². The fourth-order valence-corrected chi connectivity index (χ4v) is 3.31. The van der Waals surface area contributed by atoms with Crippen LogP contribution in [0.3, 0.4) is 0 Å². The number of carbonyl (C=O) groups is 1. The van der Waals surface area contributed by atoms with Crippen molar-refractivity contribution in [3.63, 3.8) is 0 Å². The van der Waals surface area contributed by atoms with Gasteiger partial charge in [0.25, 0.3) is 0 Å². The molecule has 0 N–H and O–H groups in total. The first-order chi connectivity index (χ1) is 6.20. The van der Waals surface area contributed by atoms with Crippen LogP contribution in [0.4, 0.5) is 0 Å². The second-order valence-electron chi connectivity index (χ2n) is 2.78.